The van der Waals surface area contributed by atoms with Crippen LogP contribution in [-0.2, 0) is 17.9 Å². The van der Waals surface area contributed by atoms with Gasteiger partial charge in [0.1, 0.15) is 6.54 Å². The summed E-state index contributed by atoms with van der Waals surface area (Å²) in [7, 11) is 0. The van der Waals surface area contributed by atoms with Crippen molar-refractivity contribution in [2.24, 2.45) is 0 Å². The van der Waals surface area contributed by atoms with E-state index in [9.17, 15) is 9.59 Å². The summed E-state index contributed by atoms with van der Waals surface area (Å²) in [6, 6.07) is 9.23. The average Bonchev–Trinajstić information content (AvgIpc) is 3.50. The first-order valence-electron chi connectivity index (χ1n) is 9.17. The molecule has 2 aromatic rings. The highest BCUT2D eigenvalue weighted by Gasteiger charge is 2.26. The van der Waals surface area contributed by atoms with Gasteiger partial charge in [-0.3, -0.25) is 19.5 Å². The maximum absolute atomic E-state index is 12.6. The van der Waals surface area contributed by atoms with Crippen LogP contribution in [0.25, 0.3) is 0 Å². The van der Waals surface area contributed by atoms with Gasteiger partial charge in [0, 0.05) is 50.9 Å². The molecule has 0 aromatic carbocycles. The van der Waals surface area contributed by atoms with Crippen LogP contribution in [0.1, 0.15) is 30.1 Å². The fourth-order valence-electron chi connectivity index (χ4n) is 3.28. The third-order valence-electron chi connectivity index (χ3n) is 5.00. The molecule has 0 unspecified atom stereocenters. The molecule has 3 heterocycles. The molecule has 4 rings (SSSR count). The smallest absolute Gasteiger partial charge is 0.267 e. The van der Waals surface area contributed by atoms with Crippen LogP contribution in [0, 0.1) is 0 Å². The van der Waals surface area contributed by atoms with Gasteiger partial charge in [-0.25, -0.2) is 4.68 Å². The van der Waals surface area contributed by atoms with Gasteiger partial charge < -0.3 is 4.90 Å². The van der Waals surface area contributed by atoms with Crippen LogP contribution >= 0.6 is 0 Å². The van der Waals surface area contributed by atoms with Gasteiger partial charge in [-0.15, -0.1) is 0 Å². The van der Waals surface area contributed by atoms with Crippen LogP contribution in [0.4, 0.5) is 0 Å². The molecule has 0 bridgehead atoms. The summed E-state index contributed by atoms with van der Waals surface area (Å²) in [4.78, 5) is 33.1. The predicted octanol–water partition coefficient (Wildman–Crippen LogP) is 0.860. The summed E-state index contributed by atoms with van der Waals surface area (Å²) < 4.78 is 1.32. The largest absolute Gasteiger partial charge is 0.339 e. The third kappa shape index (κ3) is 3.99. The monoisotopic (exact) mass is 353 g/mol. The molecule has 1 saturated carbocycles. The maximum atomic E-state index is 12.6. The van der Waals surface area contributed by atoms with Crippen LogP contribution in [0.2, 0.25) is 0 Å². The van der Waals surface area contributed by atoms with E-state index in [4.69, 9.17) is 0 Å². The summed E-state index contributed by atoms with van der Waals surface area (Å²) in [5, 5.41) is 4.38. The van der Waals surface area contributed by atoms with Crippen LogP contribution in [-0.4, -0.2) is 56.7 Å². The minimum absolute atomic E-state index is 0.0274. The Balaban J connectivity index is 1.32. The van der Waals surface area contributed by atoms with E-state index in [1.807, 2.05) is 23.1 Å². The van der Waals surface area contributed by atoms with Crippen molar-refractivity contribution in [3.63, 3.8) is 0 Å². The summed E-state index contributed by atoms with van der Waals surface area (Å²) in [6.45, 7) is 3.79. The van der Waals surface area contributed by atoms with Crippen LogP contribution in [0.15, 0.2) is 41.3 Å². The van der Waals surface area contributed by atoms with Gasteiger partial charge in [-0.05, 0) is 31.0 Å². The molecule has 0 radical (unpaired) electrons. The van der Waals surface area contributed by atoms with E-state index in [-0.39, 0.29) is 18.0 Å². The fraction of sp³-hybridized carbons (Fsp3) is 0.474. The second-order valence-corrected chi connectivity index (χ2v) is 7.01. The molecule has 1 aliphatic heterocycles. The Bertz CT molecular complexity index is 823. The zero-order chi connectivity index (χ0) is 17.9. The lowest BCUT2D eigenvalue weighted by Crippen LogP contribution is -2.49. The van der Waals surface area contributed by atoms with Gasteiger partial charge in [0.15, 0.2) is 0 Å². The predicted molar refractivity (Wildman–Crippen MR) is 96.6 cm³/mol. The number of rotatable bonds is 5. The van der Waals surface area contributed by atoms with E-state index < -0.39 is 0 Å². The molecule has 2 fully saturated rings. The molecule has 2 aromatic heterocycles. The topological polar surface area (TPSA) is 71.3 Å². The van der Waals surface area contributed by atoms with E-state index in [0.29, 0.717) is 19.0 Å². The SMILES string of the molecule is O=C(Cn1nc(C2CC2)ccc1=O)N1CCN(Cc2ccccn2)CC1. The Hall–Kier alpha value is -2.54. The van der Waals surface area contributed by atoms with Crippen molar-refractivity contribution in [2.45, 2.75) is 31.8 Å². The highest BCUT2D eigenvalue weighted by molar-refractivity contribution is 5.76. The standard InChI is InChI=1S/C19H23N5O2/c25-18-7-6-17(15-4-5-15)21-24(18)14-19(26)23-11-9-22(10-12-23)13-16-3-1-2-8-20-16/h1-3,6-8,15H,4-5,9-14H2. The first-order valence-corrected chi connectivity index (χ1v) is 9.17. The highest BCUT2D eigenvalue weighted by Crippen LogP contribution is 2.38. The van der Waals surface area contributed by atoms with Gasteiger partial charge in [0.2, 0.25) is 5.91 Å². The lowest BCUT2D eigenvalue weighted by Gasteiger charge is -2.34. The number of aromatic nitrogens is 3. The number of carbonyl (C=O) groups excluding carboxylic acids is 1. The normalized spacial score (nSPS) is 18.1. The van der Waals surface area contributed by atoms with E-state index in [1.54, 1.807) is 12.3 Å². The van der Waals surface area contributed by atoms with Gasteiger partial charge in [0.05, 0.1) is 11.4 Å². The van der Waals surface area contributed by atoms with E-state index in [0.717, 1.165) is 43.9 Å². The number of hydrogen-bond donors (Lipinski definition) is 0. The third-order valence-corrected chi connectivity index (χ3v) is 5.00. The Morgan fingerprint density at radius 1 is 1.08 bits per heavy atom. The molecule has 0 spiro atoms. The molecule has 0 atom stereocenters. The van der Waals surface area contributed by atoms with Crippen molar-refractivity contribution < 1.29 is 4.79 Å². The Morgan fingerprint density at radius 3 is 2.58 bits per heavy atom. The van der Waals surface area contributed by atoms with E-state index in [2.05, 4.69) is 15.0 Å². The Kier molecular flexibility index (Phi) is 4.79. The number of pyridine rings is 1. The molecule has 1 amide bonds. The van der Waals surface area contributed by atoms with E-state index in [1.165, 1.54) is 10.7 Å². The second kappa shape index (κ2) is 7.37. The number of carbonyl (C=O) groups is 1. The van der Waals surface area contributed by atoms with Gasteiger partial charge in [-0.1, -0.05) is 6.07 Å². The van der Waals surface area contributed by atoms with Crippen molar-refractivity contribution in [2.75, 3.05) is 26.2 Å². The Morgan fingerprint density at radius 2 is 1.88 bits per heavy atom. The number of amides is 1. The first-order chi connectivity index (χ1) is 12.7. The van der Waals surface area contributed by atoms with Gasteiger partial charge in [0.25, 0.3) is 5.56 Å². The summed E-state index contributed by atoms with van der Waals surface area (Å²) in [6.07, 6.45) is 4.05. The molecule has 7 nitrogen and oxygen atoms in total. The zero-order valence-electron chi connectivity index (χ0n) is 14.8. The zero-order valence-corrected chi connectivity index (χ0v) is 14.8. The molecule has 1 saturated heterocycles. The number of nitrogens with zero attached hydrogens (tertiary/aromatic N) is 5. The average molecular weight is 353 g/mol. The quantitative estimate of drug-likeness (QED) is 0.797. The molecule has 1 aliphatic carbocycles. The number of piperazine rings is 1. The van der Waals surface area contributed by atoms with Crippen molar-refractivity contribution in [3.05, 3.63) is 58.3 Å². The van der Waals surface area contributed by atoms with Gasteiger partial charge >= 0.3 is 0 Å². The van der Waals surface area contributed by atoms with Gasteiger partial charge in [-0.2, -0.15) is 5.10 Å². The minimum atomic E-state index is -0.212. The molecule has 26 heavy (non-hydrogen) atoms. The van der Waals surface area contributed by atoms with Crippen molar-refractivity contribution >= 4 is 5.91 Å². The molecule has 0 N–H and O–H groups in total. The lowest BCUT2D eigenvalue weighted by atomic mass is 10.2. The highest BCUT2D eigenvalue weighted by atomic mass is 16.2. The van der Waals surface area contributed by atoms with Crippen molar-refractivity contribution in [1.82, 2.24) is 24.6 Å². The van der Waals surface area contributed by atoms with Crippen molar-refractivity contribution in [1.29, 1.82) is 0 Å². The minimum Gasteiger partial charge on any atom is -0.339 e. The fourth-order valence-corrected chi connectivity index (χ4v) is 3.28. The molecule has 2 aliphatic rings. The molecule has 7 heteroatoms. The molecule has 136 valence electrons. The molecular weight excluding hydrogens is 330 g/mol. The maximum Gasteiger partial charge on any atom is 0.267 e. The first kappa shape index (κ1) is 16.9. The summed E-state index contributed by atoms with van der Waals surface area (Å²) >= 11 is 0. The Labute approximate surface area is 152 Å². The lowest BCUT2D eigenvalue weighted by molar-refractivity contribution is -0.133. The van der Waals surface area contributed by atoms with Crippen LogP contribution in [0.3, 0.4) is 0 Å². The van der Waals surface area contributed by atoms with E-state index >= 15 is 0 Å². The summed E-state index contributed by atoms with van der Waals surface area (Å²) in [5.74, 6) is 0.428. The molecular formula is C19H23N5O2. The second-order valence-electron chi connectivity index (χ2n) is 7.01. The number of hydrogen-bond acceptors (Lipinski definition) is 5. The van der Waals surface area contributed by atoms with Crippen molar-refractivity contribution in [3.8, 4) is 0 Å². The summed E-state index contributed by atoms with van der Waals surface area (Å²) in [5.41, 5.74) is 1.76. The van der Waals surface area contributed by atoms with Crippen LogP contribution < -0.4 is 5.56 Å². The van der Waals surface area contributed by atoms with Crippen LogP contribution in [0.5, 0.6) is 0 Å².